The molecule has 0 aromatic carbocycles. The van der Waals surface area contributed by atoms with Crippen molar-refractivity contribution in [1.29, 1.82) is 0 Å². The fraction of sp³-hybridized carbons (Fsp3) is 0.875. The third-order valence-corrected chi connectivity index (χ3v) is 0.888. The lowest BCUT2D eigenvalue weighted by Crippen LogP contribution is -2.05. The molecular formula is C8H18O5. The summed E-state index contributed by atoms with van der Waals surface area (Å²) in [5.74, 6) is -0.262. The second-order valence-electron chi connectivity index (χ2n) is 2.05. The summed E-state index contributed by atoms with van der Waals surface area (Å²) in [6, 6.07) is 0. The highest BCUT2D eigenvalue weighted by Gasteiger charge is 1.88. The van der Waals surface area contributed by atoms with Gasteiger partial charge in [-0.3, -0.25) is 4.79 Å². The minimum Gasteiger partial charge on any atom is -0.463 e. The number of rotatable bonds is 5. The molecule has 0 bridgehead atoms. The lowest BCUT2D eigenvalue weighted by Gasteiger charge is -1.97. The van der Waals surface area contributed by atoms with Crippen molar-refractivity contribution >= 4 is 5.97 Å². The van der Waals surface area contributed by atoms with Crippen molar-refractivity contribution in [2.24, 2.45) is 0 Å². The van der Waals surface area contributed by atoms with E-state index < -0.39 is 0 Å². The van der Waals surface area contributed by atoms with Crippen molar-refractivity contribution in [2.75, 3.05) is 40.6 Å². The topological polar surface area (TPSA) is 65.0 Å². The van der Waals surface area contributed by atoms with Gasteiger partial charge in [0.05, 0.1) is 19.8 Å². The molecule has 0 aliphatic heterocycles. The first-order valence-electron chi connectivity index (χ1n) is 3.91. The van der Waals surface area contributed by atoms with Crippen LogP contribution < -0.4 is 0 Å². The van der Waals surface area contributed by atoms with Crippen LogP contribution in [0.5, 0.6) is 0 Å². The van der Waals surface area contributed by atoms with E-state index in [9.17, 15) is 4.79 Å². The number of hydrogen-bond acceptors (Lipinski definition) is 5. The van der Waals surface area contributed by atoms with Crippen LogP contribution in [0.1, 0.15) is 6.92 Å². The normalized spacial score (nSPS) is 8.62. The van der Waals surface area contributed by atoms with E-state index in [-0.39, 0.29) is 12.6 Å². The monoisotopic (exact) mass is 194 g/mol. The number of methoxy groups -OCH3 is 2. The van der Waals surface area contributed by atoms with Crippen LogP contribution in [-0.4, -0.2) is 51.7 Å². The van der Waals surface area contributed by atoms with Gasteiger partial charge in [-0.15, -0.1) is 0 Å². The van der Waals surface area contributed by atoms with Crippen LogP contribution in [0.15, 0.2) is 0 Å². The fourth-order valence-electron chi connectivity index (χ4n) is 0.360. The summed E-state index contributed by atoms with van der Waals surface area (Å²) >= 11 is 0. The van der Waals surface area contributed by atoms with Crippen molar-refractivity contribution in [3.8, 4) is 0 Å². The Balaban J connectivity index is 0. The van der Waals surface area contributed by atoms with Crippen molar-refractivity contribution in [3.63, 3.8) is 0 Å². The van der Waals surface area contributed by atoms with Gasteiger partial charge in [0.2, 0.25) is 0 Å². The summed E-state index contributed by atoms with van der Waals surface area (Å²) in [6.45, 7) is 2.76. The van der Waals surface area contributed by atoms with Crippen LogP contribution in [0.3, 0.4) is 0 Å². The Kier molecular flexibility index (Phi) is 15.9. The molecule has 0 heterocycles. The molecule has 0 aliphatic rings. The molecule has 0 aliphatic carbocycles. The van der Waals surface area contributed by atoms with Gasteiger partial charge in [0.15, 0.2) is 0 Å². The molecule has 13 heavy (non-hydrogen) atoms. The maximum Gasteiger partial charge on any atom is 0.302 e. The summed E-state index contributed by atoms with van der Waals surface area (Å²) in [5, 5.41) is 7.94. The number of aliphatic hydroxyl groups excluding tert-OH is 1. The average molecular weight is 194 g/mol. The summed E-state index contributed by atoms with van der Waals surface area (Å²) in [6.07, 6.45) is 0. The number of aliphatic hydroxyl groups is 1. The van der Waals surface area contributed by atoms with Crippen molar-refractivity contribution in [3.05, 3.63) is 0 Å². The van der Waals surface area contributed by atoms with E-state index in [0.717, 1.165) is 0 Å². The zero-order chi connectivity index (χ0) is 10.5. The van der Waals surface area contributed by atoms with Crippen LogP contribution in [0.2, 0.25) is 0 Å². The van der Waals surface area contributed by atoms with Crippen LogP contribution in [0, 0.1) is 0 Å². The lowest BCUT2D eigenvalue weighted by atomic mass is 10.7. The predicted octanol–water partition coefficient (Wildman–Crippen LogP) is -0.179. The maximum atomic E-state index is 10.0. The summed E-state index contributed by atoms with van der Waals surface area (Å²) in [5.41, 5.74) is 0. The van der Waals surface area contributed by atoms with E-state index in [1.807, 2.05) is 0 Å². The lowest BCUT2D eigenvalue weighted by molar-refractivity contribution is -0.142. The Labute approximate surface area is 78.6 Å². The number of ether oxygens (including phenoxy) is 3. The zero-order valence-electron chi connectivity index (χ0n) is 8.41. The van der Waals surface area contributed by atoms with Crippen molar-refractivity contribution in [2.45, 2.75) is 6.92 Å². The molecule has 0 atom stereocenters. The third kappa shape index (κ3) is 24.6. The van der Waals surface area contributed by atoms with Gasteiger partial charge >= 0.3 is 5.97 Å². The summed E-state index contributed by atoms with van der Waals surface area (Å²) < 4.78 is 13.6. The minimum absolute atomic E-state index is 0.122. The van der Waals surface area contributed by atoms with Crippen molar-refractivity contribution < 1.29 is 24.1 Å². The molecule has 0 spiro atoms. The molecular weight excluding hydrogens is 176 g/mol. The van der Waals surface area contributed by atoms with E-state index in [1.165, 1.54) is 6.92 Å². The Morgan fingerprint density at radius 1 is 1.15 bits per heavy atom. The number of carbonyl (C=O) groups is 1. The number of hydrogen-bond donors (Lipinski definition) is 1. The van der Waals surface area contributed by atoms with Gasteiger partial charge in [-0.05, 0) is 0 Å². The van der Waals surface area contributed by atoms with Crippen LogP contribution in [-0.2, 0) is 19.0 Å². The second kappa shape index (κ2) is 13.9. The molecule has 0 rings (SSSR count). The highest BCUT2D eigenvalue weighted by atomic mass is 16.6. The van der Waals surface area contributed by atoms with E-state index in [4.69, 9.17) is 5.11 Å². The largest absolute Gasteiger partial charge is 0.463 e. The highest BCUT2D eigenvalue weighted by molar-refractivity contribution is 5.65. The highest BCUT2D eigenvalue weighted by Crippen LogP contribution is 1.74. The molecule has 5 nitrogen and oxygen atoms in total. The fourth-order valence-corrected chi connectivity index (χ4v) is 0.360. The number of carbonyl (C=O) groups excluding carboxylic acids is 1. The van der Waals surface area contributed by atoms with Gasteiger partial charge in [-0.1, -0.05) is 0 Å². The second-order valence-corrected chi connectivity index (χ2v) is 2.05. The summed E-state index contributed by atoms with van der Waals surface area (Å²) in [4.78, 5) is 10.0. The first-order chi connectivity index (χ1) is 6.18. The first-order valence-corrected chi connectivity index (χ1v) is 3.91. The molecule has 0 radical (unpaired) electrons. The van der Waals surface area contributed by atoms with E-state index in [2.05, 4.69) is 14.2 Å². The molecule has 0 aromatic rings. The minimum atomic E-state index is -0.262. The molecule has 1 N–H and O–H groups in total. The molecule has 80 valence electrons. The van der Waals surface area contributed by atoms with Gasteiger partial charge in [0.25, 0.3) is 0 Å². The Morgan fingerprint density at radius 3 is 1.92 bits per heavy atom. The van der Waals surface area contributed by atoms with Crippen LogP contribution in [0.4, 0.5) is 0 Å². The molecule has 0 fully saturated rings. The van der Waals surface area contributed by atoms with Gasteiger partial charge in [0, 0.05) is 21.1 Å². The van der Waals surface area contributed by atoms with Crippen LogP contribution in [0.25, 0.3) is 0 Å². The molecule has 0 amide bonds. The SMILES string of the molecule is COCCO.COCCOC(C)=O. The van der Waals surface area contributed by atoms with Crippen LogP contribution >= 0.6 is 0 Å². The predicted molar refractivity (Wildman–Crippen MR) is 47.5 cm³/mol. The van der Waals surface area contributed by atoms with E-state index in [1.54, 1.807) is 14.2 Å². The Hall–Kier alpha value is -0.650. The Morgan fingerprint density at radius 2 is 1.69 bits per heavy atom. The summed E-state index contributed by atoms with van der Waals surface area (Å²) in [7, 11) is 3.11. The number of esters is 1. The molecule has 0 saturated heterocycles. The molecule has 0 aromatic heterocycles. The first kappa shape index (κ1) is 14.9. The molecule has 5 heteroatoms. The van der Waals surface area contributed by atoms with Gasteiger partial charge in [-0.25, -0.2) is 0 Å². The molecule has 0 unspecified atom stereocenters. The maximum absolute atomic E-state index is 10.0. The van der Waals surface area contributed by atoms with Gasteiger partial charge in [-0.2, -0.15) is 0 Å². The van der Waals surface area contributed by atoms with Gasteiger partial charge in [0.1, 0.15) is 6.61 Å². The third-order valence-electron chi connectivity index (χ3n) is 0.888. The quantitative estimate of drug-likeness (QED) is 0.486. The van der Waals surface area contributed by atoms with E-state index in [0.29, 0.717) is 19.8 Å². The van der Waals surface area contributed by atoms with Crippen molar-refractivity contribution in [1.82, 2.24) is 0 Å². The smallest absolute Gasteiger partial charge is 0.302 e. The average Bonchev–Trinajstić information content (AvgIpc) is 2.07. The zero-order valence-corrected chi connectivity index (χ0v) is 8.41. The standard InChI is InChI=1S/C5H10O3.C3H8O2/c1-5(6)8-4-3-7-2;1-5-3-2-4/h3-4H2,1-2H3;4H,2-3H2,1H3. The Bertz CT molecular complexity index is 103. The molecule has 0 saturated carbocycles. The van der Waals surface area contributed by atoms with E-state index >= 15 is 0 Å². The van der Waals surface area contributed by atoms with Gasteiger partial charge < -0.3 is 19.3 Å².